The monoisotopic (exact) mass is 514 g/mol. The summed E-state index contributed by atoms with van der Waals surface area (Å²) in [5, 5.41) is 10.3. The number of esters is 4. The number of hydrogen-bond acceptors (Lipinski definition) is 9. The Morgan fingerprint density at radius 1 is 0.889 bits per heavy atom. The predicted octanol–water partition coefficient (Wildman–Crippen LogP) is 4.43. The fourth-order valence-corrected chi connectivity index (χ4v) is 3.66. The van der Waals surface area contributed by atoms with E-state index in [2.05, 4.69) is 6.58 Å². The Morgan fingerprint density at radius 2 is 1.44 bits per heavy atom. The van der Waals surface area contributed by atoms with Crippen molar-refractivity contribution in [2.45, 2.75) is 117 Å². The van der Waals surface area contributed by atoms with Gasteiger partial charge in [-0.25, -0.2) is 4.79 Å². The zero-order valence-corrected chi connectivity index (χ0v) is 22.7. The van der Waals surface area contributed by atoms with Crippen LogP contribution in [0.3, 0.4) is 0 Å². The molecule has 0 rings (SSSR count). The Bertz CT molecular complexity index is 687. The van der Waals surface area contributed by atoms with E-state index in [0.29, 0.717) is 58.2 Å². The summed E-state index contributed by atoms with van der Waals surface area (Å²) in [6.07, 6.45) is 4.88. The summed E-state index contributed by atoms with van der Waals surface area (Å²) in [4.78, 5) is 46.4. The van der Waals surface area contributed by atoms with Crippen LogP contribution in [0.2, 0.25) is 0 Å². The quantitative estimate of drug-likeness (QED) is 0.109. The SMILES string of the molecule is C=CC(=O)OCCCCCC(=O)OCCCCCC(=O)OC(C)CC(OC(C)=O)C(C)(C)C(O)CC. The Balaban J connectivity index is 4.05. The van der Waals surface area contributed by atoms with E-state index in [1.54, 1.807) is 6.92 Å². The molecule has 9 heteroatoms. The van der Waals surface area contributed by atoms with Gasteiger partial charge in [-0.2, -0.15) is 0 Å². The topological polar surface area (TPSA) is 125 Å². The molecule has 3 atom stereocenters. The first-order chi connectivity index (χ1) is 16.9. The van der Waals surface area contributed by atoms with Crippen LogP contribution in [0, 0.1) is 5.41 Å². The second kappa shape index (κ2) is 18.8. The van der Waals surface area contributed by atoms with Crippen molar-refractivity contribution in [2.75, 3.05) is 13.2 Å². The second-order valence-corrected chi connectivity index (χ2v) is 9.59. The third-order valence-electron chi connectivity index (χ3n) is 5.99. The van der Waals surface area contributed by atoms with Crippen molar-refractivity contribution in [1.82, 2.24) is 0 Å². The van der Waals surface area contributed by atoms with Crippen LogP contribution in [-0.4, -0.2) is 60.5 Å². The minimum absolute atomic E-state index is 0.244. The molecular formula is C27H46O9. The number of carbonyl (C=O) groups is 4. The predicted molar refractivity (Wildman–Crippen MR) is 135 cm³/mol. The van der Waals surface area contributed by atoms with Crippen molar-refractivity contribution in [3.63, 3.8) is 0 Å². The van der Waals surface area contributed by atoms with Crippen molar-refractivity contribution in [1.29, 1.82) is 0 Å². The number of rotatable bonds is 20. The van der Waals surface area contributed by atoms with E-state index < -0.39 is 35.7 Å². The highest BCUT2D eigenvalue weighted by molar-refractivity contribution is 5.81. The first-order valence-electron chi connectivity index (χ1n) is 12.9. The summed E-state index contributed by atoms with van der Waals surface area (Å²) in [5.74, 6) is -1.49. The highest BCUT2D eigenvalue weighted by atomic mass is 16.6. The molecule has 0 spiro atoms. The standard InChI is InChI=1S/C27H46O9/c1-7-22(29)27(5,6)23(36-21(4)28)19-20(3)35-26(32)16-12-10-14-18-34-25(31)15-11-9-13-17-33-24(30)8-2/h8,20,22-23,29H,2,7,9-19H2,1,3-6H3. The fraction of sp³-hybridized carbons (Fsp3) is 0.778. The van der Waals surface area contributed by atoms with E-state index in [0.717, 1.165) is 18.9 Å². The molecule has 9 nitrogen and oxygen atoms in total. The van der Waals surface area contributed by atoms with Gasteiger partial charge in [0.1, 0.15) is 12.2 Å². The van der Waals surface area contributed by atoms with Gasteiger partial charge in [0, 0.05) is 37.7 Å². The van der Waals surface area contributed by atoms with Crippen LogP contribution < -0.4 is 0 Å². The number of ether oxygens (including phenoxy) is 4. The van der Waals surface area contributed by atoms with Crippen LogP contribution in [0.4, 0.5) is 0 Å². The number of carbonyl (C=O) groups excluding carboxylic acids is 4. The third kappa shape index (κ3) is 15.5. The number of aliphatic hydroxyl groups excluding tert-OH is 1. The summed E-state index contributed by atoms with van der Waals surface area (Å²) >= 11 is 0. The van der Waals surface area contributed by atoms with Crippen LogP contribution in [-0.2, 0) is 38.1 Å². The Kier molecular flexibility index (Phi) is 17.5. The van der Waals surface area contributed by atoms with Crippen molar-refractivity contribution < 1.29 is 43.2 Å². The van der Waals surface area contributed by atoms with Gasteiger partial charge >= 0.3 is 23.9 Å². The molecular weight excluding hydrogens is 468 g/mol. The largest absolute Gasteiger partial charge is 0.466 e. The molecule has 0 aliphatic heterocycles. The molecule has 0 aromatic carbocycles. The molecule has 36 heavy (non-hydrogen) atoms. The van der Waals surface area contributed by atoms with Crippen LogP contribution in [0.25, 0.3) is 0 Å². The van der Waals surface area contributed by atoms with Crippen LogP contribution in [0.15, 0.2) is 12.7 Å². The summed E-state index contributed by atoms with van der Waals surface area (Å²) in [6, 6.07) is 0. The van der Waals surface area contributed by atoms with Gasteiger partial charge < -0.3 is 24.1 Å². The fourth-order valence-electron chi connectivity index (χ4n) is 3.66. The van der Waals surface area contributed by atoms with Gasteiger partial charge in [0.2, 0.25) is 0 Å². The summed E-state index contributed by atoms with van der Waals surface area (Å²) in [5.41, 5.74) is -0.682. The van der Waals surface area contributed by atoms with Gasteiger partial charge in [-0.1, -0.05) is 27.4 Å². The van der Waals surface area contributed by atoms with E-state index in [-0.39, 0.29) is 18.4 Å². The molecule has 0 saturated carbocycles. The van der Waals surface area contributed by atoms with E-state index in [9.17, 15) is 24.3 Å². The molecule has 0 heterocycles. The van der Waals surface area contributed by atoms with Gasteiger partial charge in [0.15, 0.2) is 0 Å². The summed E-state index contributed by atoms with van der Waals surface area (Å²) < 4.78 is 21.0. The normalized spacial score (nSPS) is 13.7. The van der Waals surface area contributed by atoms with Crippen LogP contribution >= 0.6 is 0 Å². The second-order valence-electron chi connectivity index (χ2n) is 9.59. The first-order valence-corrected chi connectivity index (χ1v) is 12.9. The number of aliphatic hydroxyl groups is 1. The van der Waals surface area contributed by atoms with Crippen molar-refractivity contribution in [3.8, 4) is 0 Å². The zero-order chi connectivity index (χ0) is 27.6. The minimum atomic E-state index is -0.682. The van der Waals surface area contributed by atoms with Gasteiger partial charge in [-0.05, 0) is 51.9 Å². The molecule has 3 unspecified atom stereocenters. The van der Waals surface area contributed by atoms with E-state index >= 15 is 0 Å². The van der Waals surface area contributed by atoms with Gasteiger partial charge in [0.05, 0.1) is 19.3 Å². The molecule has 0 fully saturated rings. The molecule has 0 radical (unpaired) electrons. The molecule has 208 valence electrons. The van der Waals surface area contributed by atoms with E-state index in [1.807, 2.05) is 20.8 Å². The summed E-state index contributed by atoms with van der Waals surface area (Å²) in [7, 11) is 0. The number of unbranched alkanes of at least 4 members (excludes halogenated alkanes) is 4. The van der Waals surface area contributed by atoms with Crippen LogP contribution in [0.5, 0.6) is 0 Å². The number of hydrogen-bond donors (Lipinski definition) is 1. The van der Waals surface area contributed by atoms with Gasteiger partial charge in [0.25, 0.3) is 0 Å². The van der Waals surface area contributed by atoms with Gasteiger partial charge in [-0.3, -0.25) is 14.4 Å². The van der Waals surface area contributed by atoms with E-state index in [1.165, 1.54) is 6.92 Å². The smallest absolute Gasteiger partial charge is 0.330 e. The van der Waals surface area contributed by atoms with E-state index in [4.69, 9.17) is 18.9 Å². The van der Waals surface area contributed by atoms with Gasteiger partial charge in [-0.15, -0.1) is 0 Å². The Labute approximate surface area is 215 Å². The molecule has 0 saturated heterocycles. The molecule has 0 aromatic rings. The zero-order valence-electron chi connectivity index (χ0n) is 22.7. The molecule has 0 aliphatic carbocycles. The van der Waals surface area contributed by atoms with Crippen molar-refractivity contribution in [3.05, 3.63) is 12.7 Å². The van der Waals surface area contributed by atoms with Crippen molar-refractivity contribution in [2.24, 2.45) is 5.41 Å². The molecule has 1 N–H and O–H groups in total. The third-order valence-corrected chi connectivity index (χ3v) is 5.99. The lowest BCUT2D eigenvalue weighted by Crippen LogP contribution is -2.44. The maximum absolute atomic E-state index is 12.2. The lowest BCUT2D eigenvalue weighted by molar-refractivity contribution is -0.165. The lowest BCUT2D eigenvalue weighted by atomic mass is 9.77. The summed E-state index contributed by atoms with van der Waals surface area (Å²) in [6.45, 7) is 12.5. The Hall–Kier alpha value is -2.42. The maximum atomic E-state index is 12.2. The average molecular weight is 515 g/mol. The van der Waals surface area contributed by atoms with Crippen molar-refractivity contribution >= 4 is 23.9 Å². The average Bonchev–Trinajstić information content (AvgIpc) is 2.81. The highest BCUT2D eigenvalue weighted by Gasteiger charge is 2.39. The molecule has 0 amide bonds. The molecule has 0 aromatic heterocycles. The lowest BCUT2D eigenvalue weighted by Gasteiger charge is -2.38. The Morgan fingerprint density at radius 3 is 1.97 bits per heavy atom. The van der Waals surface area contributed by atoms with Crippen LogP contribution in [0.1, 0.15) is 98.8 Å². The maximum Gasteiger partial charge on any atom is 0.330 e. The first kappa shape index (κ1) is 33.6. The molecule has 0 bridgehead atoms. The highest BCUT2D eigenvalue weighted by Crippen LogP contribution is 2.33. The minimum Gasteiger partial charge on any atom is -0.466 e. The molecule has 0 aliphatic rings.